The number of benzene rings is 1. The molecule has 0 saturated heterocycles. The quantitative estimate of drug-likeness (QED) is 0.576. The number of aliphatic hydroxyl groups is 1. The molecule has 0 aliphatic carbocycles. The second-order valence-corrected chi connectivity index (χ2v) is 5.02. The molecular weight excluding hydrogens is 314 g/mol. The lowest BCUT2D eigenvalue weighted by Crippen LogP contribution is -2.32. The maximum atomic E-state index is 11.8. The normalized spacial score (nSPS) is 11.6. The number of hydrogen-bond acceptors (Lipinski definition) is 5. The van der Waals surface area contributed by atoms with Crippen molar-refractivity contribution in [3.63, 3.8) is 0 Å². The predicted molar refractivity (Wildman–Crippen MR) is 86.4 cm³/mol. The molecule has 1 heterocycles. The van der Waals surface area contributed by atoms with E-state index >= 15 is 0 Å². The van der Waals surface area contributed by atoms with Crippen LogP contribution in [0.2, 0.25) is 0 Å². The monoisotopic (exact) mass is 333 g/mol. The molecule has 0 unspecified atom stereocenters. The predicted octanol–water partition coefficient (Wildman–Crippen LogP) is 0.232. The second kappa shape index (κ2) is 7.97. The Kier molecular flexibility index (Phi) is 5.74. The number of amides is 3. The summed E-state index contributed by atoms with van der Waals surface area (Å²) in [6, 6.07) is 6.40. The number of anilines is 1. The van der Waals surface area contributed by atoms with Crippen LogP contribution < -0.4 is 21.1 Å². The molecule has 0 aliphatic rings. The fourth-order valence-electron chi connectivity index (χ4n) is 1.98. The van der Waals surface area contributed by atoms with Crippen LogP contribution in [0.25, 0.3) is 0 Å². The van der Waals surface area contributed by atoms with E-state index in [0.29, 0.717) is 17.0 Å². The number of urea groups is 1. The van der Waals surface area contributed by atoms with Crippen molar-refractivity contribution in [1.82, 2.24) is 15.1 Å². The van der Waals surface area contributed by atoms with Crippen LogP contribution >= 0.6 is 0 Å². The molecule has 0 fully saturated rings. The Hall–Kier alpha value is -3.07. The van der Waals surface area contributed by atoms with E-state index in [-0.39, 0.29) is 13.1 Å². The number of methoxy groups -OCH3 is 1. The van der Waals surface area contributed by atoms with Gasteiger partial charge in [-0.3, -0.25) is 9.48 Å². The van der Waals surface area contributed by atoms with Crippen LogP contribution in [0.3, 0.4) is 0 Å². The van der Waals surface area contributed by atoms with Crippen molar-refractivity contribution in [2.24, 2.45) is 5.73 Å². The van der Waals surface area contributed by atoms with Gasteiger partial charge in [0.15, 0.2) is 0 Å². The van der Waals surface area contributed by atoms with Crippen LogP contribution in [0.15, 0.2) is 36.7 Å². The molecule has 24 heavy (non-hydrogen) atoms. The van der Waals surface area contributed by atoms with Crippen molar-refractivity contribution in [2.45, 2.75) is 12.6 Å². The van der Waals surface area contributed by atoms with Gasteiger partial charge in [-0.1, -0.05) is 12.1 Å². The Morgan fingerprint density at radius 3 is 2.71 bits per heavy atom. The summed E-state index contributed by atoms with van der Waals surface area (Å²) in [4.78, 5) is 22.6. The number of hydrogen-bond donors (Lipinski definition) is 4. The van der Waals surface area contributed by atoms with Crippen LogP contribution in [0, 0.1) is 0 Å². The summed E-state index contributed by atoms with van der Waals surface area (Å²) in [5.41, 5.74) is 6.12. The first-order valence-electron chi connectivity index (χ1n) is 7.15. The van der Waals surface area contributed by atoms with Gasteiger partial charge in [0.25, 0.3) is 0 Å². The Morgan fingerprint density at radius 2 is 2.08 bits per heavy atom. The number of nitrogens with two attached hydrogens (primary N) is 1. The summed E-state index contributed by atoms with van der Waals surface area (Å²) in [5.74, 6) is 0.154. The fraction of sp³-hybridized carbons (Fsp3) is 0.267. The first-order chi connectivity index (χ1) is 11.5. The molecule has 128 valence electrons. The van der Waals surface area contributed by atoms with E-state index in [1.807, 2.05) is 0 Å². The lowest BCUT2D eigenvalue weighted by molar-refractivity contribution is -0.118. The number of ether oxygens (including phenoxy) is 1. The van der Waals surface area contributed by atoms with Gasteiger partial charge in [0.2, 0.25) is 5.91 Å². The van der Waals surface area contributed by atoms with E-state index in [0.717, 1.165) is 0 Å². The lowest BCUT2D eigenvalue weighted by atomic mass is 10.1. The zero-order chi connectivity index (χ0) is 17.5. The number of aromatic nitrogens is 2. The number of nitrogens with zero attached hydrogens (tertiary/aromatic N) is 2. The van der Waals surface area contributed by atoms with E-state index in [2.05, 4.69) is 15.7 Å². The number of aliphatic hydroxyl groups excluding tert-OH is 1. The van der Waals surface area contributed by atoms with Crippen molar-refractivity contribution in [1.29, 1.82) is 0 Å². The number of nitrogens with one attached hydrogen (secondary N) is 2. The molecule has 2 aromatic rings. The third-order valence-electron chi connectivity index (χ3n) is 3.17. The van der Waals surface area contributed by atoms with Gasteiger partial charge in [0, 0.05) is 12.7 Å². The third-order valence-corrected chi connectivity index (χ3v) is 3.17. The molecule has 2 rings (SSSR count). The van der Waals surface area contributed by atoms with E-state index in [4.69, 9.17) is 10.5 Å². The highest BCUT2D eigenvalue weighted by Gasteiger charge is 2.10. The molecule has 1 aromatic heterocycles. The molecule has 0 bridgehead atoms. The van der Waals surface area contributed by atoms with Gasteiger partial charge in [-0.2, -0.15) is 5.10 Å². The largest absolute Gasteiger partial charge is 0.497 e. The number of primary amides is 1. The molecule has 0 spiro atoms. The highest BCUT2D eigenvalue weighted by atomic mass is 16.5. The minimum Gasteiger partial charge on any atom is -0.497 e. The first kappa shape index (κ1) is 17.3. The number of rotatable bonds is 7. The van der Waals surface area contributed by atoms with Crippen LogP contribution in [-0.2, 0) is 11.3 Å². The molecular formula is C15H19N5O4. The summed E-state index contributed by atoms with van der Waals surface area (Å²) >= 11 is 0. The zero-order valence-electron chi connectivity index (χ0n) is 13.1. The highest BCUT2D eigenvalue weighted by molar-refractivity contribution is 5.88. The maximum Gasteiger partial charge on any atom is 0.319 e. The highest BCUT2D eigenvalue weighted by Crippen LogP contribution is 2.17. The average Bonchev–Trinajstić information content (AvgIpc) is 2.98. The summed E-state index contributed by atoms with van der Waals surface area (Å²) in [5, 5.41) is 19.0. The molecule has 9 heteroatoms. The first-order valence-corrected chi connectivity index (χ1v) is 7.15. The lowest BCUT2D eigenvalue weighted by Gasteiger charge is -2.13. The summed E-state index contributed by atoms with van der Waals surface area (Å²) in [6.07, 6.45) is 2.02. The van der Waals surface area contributed by atoms with Crippen LogP contribution in [-0.4, -0.2) is 40.5 Å². The van der Waals surface area contributed by atoms with Gasteiger partial charge in [0.1, 0.15) is 12.3 Å². The van der Waals surface area contributed by atoms with Gasteiger partial charge in [-0.15, -0.1) is 0 Å². The summed E-state index contributed by atoms with van der Waals surface area (Å²) in [7, 11) is 1.56. The smallest absolute Gasteiger partial charge is 0.319 e. The van der Waals surface area contributed by atoms with Gasteiger partial charge in [0.05, 0.1) is 25.1 Å². The van der Waals surface area contributed by atoms with Crippen molar-refractivity contribution < 1.29 is 19.4 Å². The van der Waals surface area contributed by atoms with E-state index in [1.165, 1.54) is 17.1 Å². The molecule has 0 saturated carbocycles. The van der Waals surface area contributed by atoms with Crippen LogP contribution in [0.1, 0.15) is 11.7 Å². The SMILES string of the molecule is COc1ccc([C@@H](O)CNC(=O)Nc2cnn(CC(N)=O)c2)cc1. The van der Waals surface area contributed by atoms with Crippen molar-refractivity contribution in [3.05, 3.63) is 42.2 Å². The Balaban J connectivity index is 1.81. The van der Waals surface area contributed by atoms with Crippen molar-refractivity contribution in [3.8, 4) is 5.75 Å². The van der Waals surface area contributed by atoms with E-state index < -0.39 is 18.0 Å². The van der Waals surface area contributed by atoms with E-state index in [9.17, 15) is 14.7 Å². The molecule has 0 radical (unpaired) electrons. The van der Waals surface area contributed by atoms with Gasteiger partial charge < -0.3 is 26.2 Å². The minimum atomic E-state index is -0.848. The molecule has 3 amide bonds. The van der Waals surface area contributed by atoms with E-state index in [1.54, 1.807) is 31.4 Å². The fourth-order valence-corrected chi connectivity index (χ4v) is 1.98. The average molecular weight is 333 g/mol. The maximum absolute atomic E-state index is 11.8. The number of carbonyl (C=O) groups excluding carboxylic acids is 2. The Morgan fingerprint density at radius 1 is 1.38 bits per heavy atom. The molecule has 1 aromatic carbocycles. The number of carbonyl (C=O) groups is 2. The molecule has 9 nitrogen and oxygen atoms in total. The molecule has 5 N–H and O–H groups in total. The van der Waals surface area contributed by atoms with Gasteiger partial charge in [-0.05, 0) is 17.7 Å². The van der Waals surface area contributed by atoms with Crippen molar-refractivity contribution in [2.75, 3.05) is 19.0 Å². The third kappa shape index (κ3) is 4.99. The van der Waals surface area contributed by atoms with Gasteiger partial charge >= 0.3 is 6.03 Å². The summed E-state index contributed by atoms with van der Waals surface area (Å²) in [6.45, 7) is -0.0347. The van der Waals surface area contributed by atoms with Gasteiger partial charge in [-0.25, -0.2) is 4.79 Å². The Labute approximate surface area is 138 Å². The standard InChI is InChI=1S/C15H19N5O4/c1-24-12-4-2-10(3-5-12)13(21)7-17-15(23)19-11-6-18-20(8-11)9-14(16)22/h2-6,8,13,21H,7,9H2,1H3,(H2,16,22)(H2,17,19,23)/t13-/m0/s1. The molecule has 1 atom stereocenters. The minimum absolute atomic E-state index is 0.0353. The topological polar surface area (TPSA) is 132 Å². The van der Waals surface area contributed by atoms with Crippen LogP contribution in [0.4, 0.5) is 10.5 Å². The van der Waals surface area contributed by atoms with Crippen molar-refractivity contribution >= 4 is 17.6 Å². The Bertz CT molecular complexity index is 698. The summed E-state index contributed by atoms with van der Waals surface area (Å²) < 4.78 is 6.35. The second-order valence-electron chi connectivity index (χ2n) is 5.02. The molecule has 0 aliphatic heterocycles. The van der Waals surface area contributed by atoms with Crippen LogP contribution in [0.5, 0.6) is 5.75 Å². The zero-order valence-corrected chi connectivity index (χ0v) is 13.1.